The minimum absolute atomic E-state index is 0.0661. The largest absolute Gasteiger partial charge is 0.347 e. The molecule has 1 N–H and O–H groups in total. The van der Waals surface area contributed by atoms with Gasteiger partial charge < -0.3 is 19.7 Å². The fraction of sp³-hybridized carbons (Fsp3) is 0.526. The molecule has 24 heavy (non-hydrogen) atoms. The lowest BCUT2D eigenvalue weighted by molar-refractivity contribution is -0.189. The average Bonchev–Trinajstić information content (AvgIpc) is 3.07. The maximum absolute atomic E-state index is 12.3. The normalized spacial score (nSPS) is 22.5. The summed E-state index contributed by atoms with van der Waals surface area (Å²) >= 11 is 0. The second-order valence-corrected chi connectivity index (χ2v) is 6.32. The van der Waals surface area contributed by atoms with Gasteiger partial charge in [-0.25, -0.2) is 4.79 Å². The number of piperidine rings is 1. The zero-order valence-electron chi connectivity index (χ0n) is 14.1. The van der Waals surface area contributed by atoms with Gasteiger partial charge in [0.2, 0.25) is 0 Å². The van der Waals surface area contributed by atoms with E-state index in [2.05, 4.69) is 17.2 Å². The Kier molecular flexibility index (Phi) is 5.39. The number of nitrogens with one attached hydrogen (secondary N) is 1. The van der Waals surface area contributed by atoms with Crippen LogP contribution in [0.2, 0.25) is 0 Å². The van der Waals surface area contributed by atoms with Crippen molar-refractivity contribution >= 4 is 6.03 Å². The van der Waals surface area contributed by atoms with Crippen LogP contribution in [0.15, 0.2) is 30.3 Å². The summed E-state index contributed by atoms with van der Waals surface area (Å²) in [5, 5.41) is 2.88. The molecule has 0 bridgehead atoms. The third kappa shape index (κ3) is 4.08. The highest BCUT2D eigenvalue weighted by Gasteiger charge is 2.42. The third-order valence-corrected chi connectivity index (χ3v) is 4.65. The molecule has 1 aromatic rings. The topological polar surface area (TPSA) is 50.8 Å². The lowest BCUT2D eigenvalue weighted by atomic mass is 9.90. The van der Waals surface area contributed by atoms with E-state index in [9.17, 15) is 4.79 Å². The smallest absolute Gasteiger partial charge is 0.318 e. The van der Waals surface area contributed by atoms with Crippen molar-refractivity contribution in [1.82, 2.24) is 10.2 Å². The Bertz CT molecular complexity index is 614. The number of hydrogen-bond acceptors (Lipinski definition) is 3. The standard InChI is InChI=1S/C19H24N2O3/c1-19(23-13-14-24-19)17-10-6-12-21(15-17)18(22)20-11-5-9-16-7-3-2-4-8-16/h2-4,7-8,17H,6,10-15H2,1H3,(H,20,22)/t17-/m0/s1. The van der Waals surface area contributed by atoms with Crippen LogP contribution in [0.5, 0.6) is 0 Å². The summed E-state index contributed by atoms with van der Waals surface area (Å²) in [6.07, 6.45) is 1.99. The summed E-state index contributed by atoms with van der Waals surface area (Å²) in [6.45, 7) is 5.03. The first-order chi connectivity index (χ1) is 11.7. The van der Waals surface area contributed by atoms with Crippen molar-refractivity contribution in [2.75, 3.05) is 32.8 Å². The van der Waals surface area contributed by atoms with Crippen LogP contribution in [0.3, 0.4) is 0 Å². The Morgan fingerprint density at radius 2 is 2.08 bits per heavy atom. The van der Waals surface area contributed by atoms with E-state index in [0.29, 0.717) is 26.3 Å². The minimum atomic E-state index is -0.550. The minimum Gasteiger partial charge on any atom is -0.347 e. The Labute approximate surface area is 143 Å². The maximum atomic E-state index is 12.3. The number of hydrogen-bond donors (Lipinski definition) is 1. The fourth-order valence-corrected chi connectivity index (χ4v) is 3.25. The van der Waals surface area contributed by atoms with Gasteiger partial charge >= 0.3 is 6.03 Å². The summed E-state index contributed by atoms with van der Waals surface area (Å²) in [5.74, 6) is 5.69. The predicted molar refractivity (Wildman–Crippen MR) is 91.3 cm³/mol. The number of ether oxygens (including phenoxy) is 2. The molecule has 0 spiro atoms. The number of likely N-dealkylation sites (tertiary alicyclic amines) is 1. The molecule has 2 amide bonds. The highest BCUT2D eigenvalue weighted by Crippen LogP contribution is 2.33. The van der Waals surface area contributed by atoms with Gasteiger partial charge in [0.25, 0.3) is 0 Å². The van der Waals surface area contributed by atoms with Crippen molar-refractivity contribution in [1.29, 1.82) is 0 Å². The van der Waals surface area contributed by atoms with Gasteiger partial charge in [-0.2, -0.15) is 0 Å². The molecule has 0 saturated carbocycles. The number of carbonyl (C=O) groups excluding carboxylic acids is 1. The zero-order chi connectivity index (χ0) is 16.8. The van der Waals surface area contributed by atoms with Crippen molar-refractivity contribution in [2.45, 2.75) is 25.6 Å². The van der Waals surface area contributed by atoms with Gasteiger partial charge in [-0.05, 0) is 31.9 Å². The molecule has 2 aliphatic heterocycles. The monoisotopic (exact) mass is 328 g/mol. The van der Waals surface area contributed by atoms with E-state index in [0.717, 1.165) is 24.9 Å². The van der Waals surface area contributed by atoms with Crippen LogP contribution in [0.1, 0.15) is 25.3 Å². The van der Waals surface area contributed by atoms with Crippen molar-refractivity contribution in [3.8, 4) is 11.8 Å². The highest BCUT2D eigenvalue weighted by atomic mass is 16.7. The number of benzene rings is 1. The summed E-state index contributed by atoms with van der Waals surface area (Å²) in [4.78, 5) is 14.2. The second kappa shape index (κ2) is 7.69. The number of amides is 2. The molecule has 0 aromatic heterocycles. The molecule has 0 radical (unpaired) electrons. The van der Waals surface area contributed by atoms with Crippen LogP contribution in [0.4, 0.5) is 4.79 Å². The van der Waals surface area contributed by atoms with Crippen molar-refractivity contribution < 1.29 is 14.3 Å². The fourth-order valence-electron chi connectivity index (χ4n) is 3.25. The van der Waals surface area contributed by atoms with Gasteiger partial charge in [-0.3, -0.25) is 0 Å². The van der Waals surface area contributed by atoms with Gasteiger partial charge in [0, 0.05) is 24.6 Å². The molecule has 1 aromatic carbocycles. The Morgan fingerprint density at radius 3 is 2.83 bits per heavy atom. The highest BCUT2D eigenvalue weighted by molar-refractivity contribution is 5.74. The summed E-state index contributed by atoms with van der Waals surface area (Å²) in [5.41, 5.74) is 0.952. The van der Waals surface area contributed by atoms with Crippen molar-refractivity contribution in [3.05, 3.63) is 35.9 Å². The number of nitrogens with zero attached hydrogens (tertiary/aromatic N) is 1. The molecule has 2 fully saturated rings. The van der Waals surface area contributed by atoms with Crippen LogP contribution in [-0.2, 0) is 9.47 Å². The molecule has 0 unspecified atom stereocenters. The van der Waals surface area contributed by atoms with Gasteiger partial charge in [-0.15, -0.1) is 0 Å². The van der Waals surface area contributed by atoms with Gasteiger partial charge in [0.05, 0.1) is 19.8 Å². The van der Waals surface area contributed by atoms with Crippen LogP contribution in [0, 0.1) is 17.8 Å². The van der Waals surface area contributed by atoms with Crippen LogP contribution < -0.4 is 5.32 Å². The van der Waals surface area contributed by atoms with Crippen molar-refractivity contribution in [2.24, 2.45) is 5.92 Å². The number of urea groups is 1. The lowest BCUT2D eigenvalue weighted by Gasteiger charge is -2.39. The first-order valence-electron chi connectivity index (χ1n) is 8.52. The number of rotatable bonds is 2. The van der Waals surface area contributed by atoms with E-state index in [1.807, 2.05) is 42.2 Å². The molecule has 2 heterocycles. The van der Waals surface area contributed by atoms with E-state index < -0.39 is 5.79 Å². The van der Waals surface area contributed by atoms with Crippen LogP contribution in [0.25, 0.3) is 0 Å². The maximum Gasteiger partial charge on any atom is 0.318 e. The van der Waals surface area contributed by atoms with E-state index in [4.69, 9.17) is 9.47 Å². The summed E-state index contributed by atoms with van der Waals surface area (Å²) in [7, 11) is 0. The van der Waals surface area contributed by atoms with Gasteiger partial charge in [-0.1, -0.05) is 30.0 Å². The second-order valence-electron chi connectivity index (χ2n) is 6.32. The Hall–Kier alpha value is -2.03. The van der Waals surface area contributed by atoms with Gasteiger partial charge in [0.1, 0.15) is 0 Å². The molecular weight excluding hydrogens is 304 g/mol. The molecule has 3 rings (SSSR count). The molecule has 2 aliphatic rings. The van der Waals surface area contributed by atoms with Crippen molar-refractivity contribution in [3.63, 3.8) is 0 Å². The molecular formula is C19H24N2O3. The average molecular weight is 328 g/mol. The Balaban J connectivity index is 1.49. The molecule has 128 valence electrons. The molecule has 0 aliphatic carbocycles. The third-order valence-electron chi connectivity index (χ3n) is 4.65. The van der Waals surface area contributed by atoms with Crippen LogP contribution in [-0.4, -0.2) is 49.6 Å². The van der Waals surface area contributed by atoms with Gasteiger partial charge in [0.15, 0.2) is 5.79 Å². The first kappa shape index (κ1) is 16.8. The zero-order valence-corrected chi connectivity index (χ0v) is 14.1. The van der Waals surface area contributed by atoms with E-state index in [1.54, 1.807) is 0 Å². The molecule has 5 nitrogen and oxygen atoms in total. The summed E-state index contributed by atoms with van der Waals surface area (Å²) in [6, 6.07) is 9.69. The lowest BCUT2D eigenvalue weighted by Crippen LogP contribution is -2.51. The predicted octanol–water partition coefficient (Wildman–Crippen LogP) is 2.22. The SMILES string of the molecule is CC1([C@H]2CCCN(C(=O)NCC#Cc3ccccc3)C2)OCCO1. The Morgan fingerprint density at radius 1 is 1.33 bits per heavy atom. The quantitative estimate of drug-likeness (QED) is 0.847. The molecule has 5 heteroatoms. The van der Waals surface area contributed by atoms with E-state index >= 15 is 0 Å². The summed E-state index contributed by atoms with van der Waals surface area (Å²) < 4.78 is 11.5. The van der Waals surface area contributed by atoms with Crippen LogP contribution >= 0.6 is 0 Å². The van der Waals surface area contributed by atoms with E-state index in [-0.39, 0.29) is 11.9 Å². The molecule has 2 saturated heterocycles. The first-order valence-corrected chi connectivity index (χ1v) is 8.52. The molecule has 1 atom stereocenters. The van der Waals surface area contributed by atoms with E-state index in [1.165, 1.54) is 0 Å². The number of carbonyl (C=O) groups is 1.